The van der Waals surface area contributed by atoms with Crippen LogP contribution < -0.4 is 0 Å². The molecule has 2 heteroatoms. The van der Waals surface area contributed by atoms with E-state index >= 15 is 0 Å². The smallest absolute Gasteiger partial charge is 0.0805 e. The zero-order chi connectivity index (χ0) is 7.98. The molecule has 2 unspecified atom stereocenters. The summed E-state index contributed by atoms with van der Waals surface area (Å²) in [6, 6.07) is 0. The standard InChI is InChI=1S/C8H14O2/c1-3-4-5-6-8(10)7(2)9/h7-10H,5-6H2,1-2H3. The van der Waals surface area contributed by atoms with E-state index in [4.69, 9.17) is 10.2 Å². The molecule has 0 radical (unpaired) electrons. The molecule has 0 saturated heterocycles. The second-order valence-corrected chi connectivity index (χ2v) is 2.27. The quantitative estimate of drug-likeness (QED) is 0.564. The van der Waals surface area contributed by atoms with Crippen molar-refractivity contribution in [2.24, 2.45) is 0 Å². The lowest BCUT2D eigenvalue weighted by molar-refractivity contribution is 0.0272. The van der Waals surface area contributed by atoms with Gasteiger partial charge in [-0.15, -0.1) is 11.8 Å². The molecule has 0 saturated carbocycles. The van der Waals surface area contributed by atoms with Crippen molar-refractivity contribution < 1.29 is 10.2 Å². The van der Waals surface area contributed by atoms with Crippen LogP contribution in [0.1, 0.15) is 26.7 Å². The highest BCUT2D eigenvalue weighted by molar-refractivity contribution is 4.95. The lowest BCUT2D eigenvalue weighted by Gasteiger charge is -2.10. The van der Waals surface area contributed by atoms with Crippen molar-refractivity contribution in [2.45, 2.75) is 38.9 Å². The predicted octanol–water partition coefficient (Wildman–Crippen LogP) is 0.532. The summed E-state index contributed by atoms with van der Waals surface area (Å²) in [6.45, 7) is 3.33. The first-order valence-electron chi connectivity index (χ1n) is 3.44. The van der Waals surface area contributed by atoms with Gasteiger partial charge in [0.2, 0.25) is 0 Å². The SMILES string of the molecule is CC#CCCC(O)C(C)O. The van der Waals surface area contributed by atoms with Crippen molar-refractivity contribution >= 4 is 0 Å². The maximum atomic E-state index is 9.04. The van der Waals surface area contributed by atoms with E-state index in [-0.39, 0.29) is 0 Å². The molecule has 0 aliphatic carbocycles. The van der Waals surface area contributed by atoms with Crippen LogP contribution in [0.2, 0.25) is 0 Å². The van der Waals surface area contributed by atoms with Gasteiger partial charge in [-0.1, -0.05) is 0 Å². The maximum absolute atomic E-state index is 9.04. The van der Waals surface area contributed by atoms with Gasteiger partial charge in [0.25, 0.3) is 0 Å². The van der Waals surface area contributed by atoms with Crippen LogP contribution in [0.15, 0.2) is 0 Å². The number of aliphatic hydroxyl groups is 2. The highest BCUT2D eigenvalue weighted by Crippen LogP contribution is 2.00. The summed E-state index contributed by atoms with van der Waals surface area (Å²) in [5.74, 6) is 5.53. The number of hydrogen-bond donors (Lipinski definition) is 2. The van der Waals surface area contributed by atoms with Gasteiger partial charge in [-0.05, 0) is 20.3 Å². The fourth-order valence-corrected chi connectivity index (χ4v) is 0.586. The van der Waals surface area contributed by atoms with E-state index in [0.29, 0.717) is 12.8 Å². The van der Waals surface area contributed by atoms with Crippen molar-refractivity contribution in [2.75, 3.05) is 0 Å². The third-order valence-electron chi connectivity index (χ3n) is 1.30. The van der Waals surface area contributed by atoms with Crippen LogP contribution in [0, 0.1) is 11.8 Å². The normalized spacial score (nSPS) is 15.2. The van der Waals surface area contributed by atoms with E-state index in [9.17, 15) is 0 Å². The molecular formula is C8H14O2. The van der Waals surface area contributed by atoms with Gasteiger partial charge in [0.1, 0.15) is 0 Å². The highest BCUT2D eigenvalue weighted by atomic mass is 16.3. The molecule has 0 bridgehead atoms. The van der Waals surface area contributed by atoms with E-state index < -0.39 is 12.2 Å². The van der Waals surface area contributed by atoms with Crippen LogP contribution in [-0.2, 0) is 0 Å². The molecular weight excluding hydrogens is 128 g/mol. The van der Waals surface area contributed by atoms with Gasteiger partial charge in [-0.25, -0.2) is 0 Å². The number of hydrogen-bond acceptors (Lipinski definition) is 2. The third-order valence-corrected chi connectivity index (χ3v) is 1.30. The zero-order valence-corrected chi connectivity index (χ0v) is 6.46. The minimum Gasteiger partial charge on any atom is -0.391 e. The predicted molar refractivity (Wildman–Crippen MR) is 40.4 cm³/mol. The first kappa shape index (κ1) is 9.48. The van der Waals surface area contributed by atoms with Gasteiger partial charge in [-0.2, -0.15) is 0 Å². The second kappa shape index (κ2) is 5.28. The summed E-state index contributed by atoms with van der Waals surface area (Å²) in [6.07, 6.45) is -0.0549. The third kappa shape index (κ3) is 4.37. The first-order valence-corrected chi connectivity index (χ1v) is 3.44. The minimum atomic E-state index is -0.640. The molecule has 58 valence electrons. The lowest BCUT2D eigenvalue weighted by atomic mass is 10.1. The van der Waals surface area contributed by atoms with Crippen LogP contribution in [-0.4, -0.2) is 22.4 Å². The molecule has 2 nitrogen and oxygen atoms in total. The summed E-state index contributed by atoms with van der Waals surface area (Å²) < 4.78 is 0. The monoisotopic (exact) mass is 142 g/mol. The summed E-state index contributed by atoms with van der Waals surface area (Å²) >= 11 is 0. The van der Waals surface area contributed by atoms with Crippen molar-refractivity contribution in [3.8, 4) is 11.8 Å². The maximum Gasteiger partial charge on any atom is 0.0805 e. The Labute approximate surface area is 61.9 Å². The molecule has 0 aromatic carbocycles. The molecule has 0 rings (SSSR count). The Morgan fingerprint density at radius 3 is 2.40 bits per heavy atom. The molecule has 0 aliphatic heterocycles. The zero-order valence-electron chi connectivity index (χ0n) is 6.46. The van der Waals surface area contributed by atoms with Crippen LogP contribution >= 0.6 is 0 Å². The lowest BCUT2D eigenvalue weighted by Crippen LogP contribution is -2.21. The van der Waals surface area contributed by atoms with Gasteiger partial charge in [0, 0.05) is 6.42 Å². The molecule has 2 atom stereocenters. The fraction of sp³-hybridized carbons (Fsp3) is 0.750. The largest absolute Gasteiger partial charge is 0.391 e. The van der Waals surface area contributed by atoms with E-state index in [1.54, 1.807) is 13.8 Å². The fourth-order valence-electron chi connectivity index (χ4n) is 0.586. The Morgan fingerprint density at radius 2 is 2.00 bits per heavy atom. The van der Waals surface area contributed by atoms with Crippen molar-refractivity contribution in [1.29, 1.82) is 0 Å². The van der Waals surface area contributed by atoms with Crippen LogP contribution in [0.3, 0.4) is 0 Å². The molecule has 2 N–H and O–H groups in total. The summed E-state index contributed by atoms with van der Waals surface area (Å²) in [5.41, 5.74) is 0. The number of rotatable bonds is 3. The Kier molecular flexibility index (Phi) is 5.00. The summed E-state index contributed by atoms with van der Waals surface area (Å²) in [5, 5.41) is 17.9. The molecule has 0 heterocycles. The molecule has 10 heavy (non-hydrogen) atoms. The average Bonchev–Trinajstić information content (AvgIpc) is 1.88. The van der Waals surface area contributed by atoms with E-state index in [1.165, 1.54) is 0 Å². The molecule has 0 spiro atoms. The van der Waals surface area contributed by atoms with Crippen molar-refractivity contribution in [3.63, 3.8) is 0 Å². The van der Waals surface area contributed by atoms with E-state index in [2.05, 4.69) is 11.8 Å². The van der Waals surface area contributed by atoms with Crippen molar-refractivity contribution in [3.05, 3.63) is 0 Å². The number of aliphatic hydroxyl groups excluding tert-OH is 2. The van der Waals surface area contributed by atoms with Gasteiger partial charge in [-0.3, -0.25) is 0 Å². The Bertz CT molecular complexity index is 130. The van der Waals surface area contributed by atoms with Gasteiger partial charge in [0.05, 0.1) is 12.2 Å². The molecule has 0 aromatic rings. The van der Waals surface area contributed by atoms with Gasteiger partial charge < -0.3 is 10.2 Å². The first-order chi connectivity index (χ1) is 4.68. The van der Waals surface area contributed by atoms with Crippen LogP contribution in [0.5, 0.6) is 0 Å². The highest BCUT2D eigenvalue weighted by Gasteiger charge is 2.08. The van der Waals surface area contributed by atoms with Crippen LogP contribution in [0.25, 0.3) is 0 Å². The molecule has 0 amide bonds. The Morgan fingerprint density at radius 1 is 1.40 bits per heavy atom. The average molecular weight is 142 g/mol. The van der Waals surface area contributed by atoms with E-state index in [1.807, 2.05) is 0 Å². The minimum absolute atomic E-state index is 0.554. The van der Waals surface area contributed by atoms with E-state index in [0.717, 1.165) is 0 Å². The summed E-state index contributed by atoms with van der Waals surface area (Å²) in [4.78, 5) is 0. The summed E-state index contributed by atoms with van der Waals surface area (Å²) in [7, 11) is 0. The molecule has 0 fully saturated rings. The van der Waals surface area contributed by atoms with Crippen LogP contribution in [0.4, 0.5) is 0 Å². The molecule has 0 aromatic heterocycles. The van der Waals surface area contributed by atoms with Gasteiger partial charge in [0.15, 0.2) is 0 Å². The Hall–Kier alpha value is -0.520. The molecule has 0 aliphatic rings. The van der Waals surface area contributed by atoms with Crippen molar-refractivity contribution in [1.82, 2.24) is 0 Å². The second-order valence-electron chi connectivity index (χ2n) is 2.27. The topological polar surface area (TPSA) is 40.5 Å². The van der Waals surface area contributed by atoms with Gasteiger partial charge >= 0.3 is 0 Å². The Balaban J connectivity index is 3.36.